The first-order valence-corrected chi connectivity index (χ1v) is 10.6. The highest BCUT2D eigenvalue weighted by Crippen LogP contribution is 2.29. The van der Waals surface area contributed by atoms with Crippen LogP contribution in [0.15, 0.2) is 18.2 Å². The van der Waals surface area contributed by atoms with Crippen LogP contribution in [-0.2, 0) is 9.53 Å². The Morgan fingerprint density at radius 1 is 1.17 bits per heavy atom. The summed E-state index contributed by atoms with van der Waals surface area (Å²) in [7, 11) is 1.48. The maximum Gasteiger partial charge on any atom is 0.323 e. The van der Waals surface area contributed by atoms with Crippen molar-refractivity contribution < 1.29 is 14.3 Å². The van der Waals surface area contributed by atoms with E-state index >= 15 is 0 Å². The third kappa shape index (κ3) is 4.01. The number of carbonyl (C=O) groups is 1. The summed E-state index contributed by atoms with van der Waals surface area (Å²) in [5, 5.41) is 1.03. The number of piperidine rings is 1. The summed E-state index contributed by atoms with van der Waals surface area (Å²) in [6.45, 7) is 7.44. The topological polar surface area (TPSA) is 67.8 Å². The van der Waals surface area contributed by atoms with E-state index in [9.17, 15) is 4.79 Å². The summed E-state index contributed by atoms with van der Waals surface area (Å²) >= 11 is 0. The first-order chi connectivity index (χ1) is 14.1. The normalized spacial score (nSPS) is 20.9. The highest BCUT2D eigenvalue weighted by Gasteiger charge is 2.37. The second-order valence-electron chi connectivity index (χ2n) is 7.86. The summed E-state index contributed by atoms with van der Waals surface area (Å²) < 4.78 is 10.6. The lowest BCUT2D eigenvalue weighted by molar-refractivity contribution is -0.146. The van der Waals surface area contributed by atoms with Crippen LogP contribution >= 0.6 is 0 Å². The number of rotatable bonds is 5. The number of aryl methyl sites for hydroxylation is 1. The maximum atomic E-state index is 12.1. The highest BCUT2D eigenvalue weighted by atomic mass is 16.5. The Labute approximate surface area is 172 Å². The Morgan fingerprint density at radius 3 is 2.69 bits per heavy atom. The van der Waals surface area contributed by atoms with Gasteiger partial charge >= 0.3 is 5.97 Å². The molecule has 0 saturated carbocycles. The van der Waals surface area contributed by atoms with Gasteiger partial charge in [-0.05, 0) is 64.3 Å². The van der Waals surface area contributed by atoms with Crippen molar-refractivity contribution in [3.8, 4) is 5.75 Å². The smallest absolute Gasteiger partial charge is 0.323 e. The molecule has 1 atom stereocenters. The zero-order valence-corrected chi connectivity index (χ0v) is 17.6. The van der Waals surface area contributed by atoms with Crippen LogP contribution in [0.25, 0.3) is 10.9 Å². The minimum absolute atomic E-state index is 0.0738. The predicted molar refractivity (Wildman–Crippen MR) is 112 cm³/mol. The van der Waals surface area contributed by atoms with Gasteiger partial charge in [-0.1, -0.05) is 0 Å². The summed E-state index contributed by atoms with van der Waals surface area (Å²) in [5.74, 6) is 1.56. The lowest BCUT2D eigenvalue weighted by Gasteiger charge is -2.38. The molecule has 156 valence electrons. The molecule has 1 aromatic heterocycles. The molecule has 4 rings (SSSR count). The molecule has 7 heteroatoms. The SMILES string of the molecule is CCOc1ccc2nc(N3CCC(N4CCC[C@H]4C(=O)OC)CC3)nc(C)c2c1. The van der Waals surface area contributed by atoms with Crippen molar-refractivity contribution in [1.82, 2.24) is 14.9 Å². The Kier molecular flexibility index (Phi) is 5.85. The van der Waals surface area contributed by atoms with Crippen LogP contribution in [0, 0.1) is 6.92 Å². The van der Waals surface area contributed by atoms with Crippen LogP contribution in [-0.4, -0.2) is 66.3 Å². The largest absolute Gasteiger partial charge is 0.494 e. The Morgan fingerprint density at radius 2 is 1.97 bits per heavy atom. The predicted octanol–water partition coefficient (Wildman–Crippen LogP) is 2.94. The maximum absolute atomic E-state index is 12.1. The fourth-order valence-electron chi connectivity index (χ4n) is 4.66. The number of anilines is 1. The van der Waals surface area contributed by atoms with Crippen molar-refractivity contribution >= 4 is 22.8 Å². The van der Waals surface area contributed by atoms with Gasteiger partial charge in [0.2, 0.25) is 5.95 Å². The minimum Gasteiger partial charge on any atom is -0.494 e. The van der Waals surface area contributed by atoms with E-state index < -0.39 is 0 Å². The molecule has 2 aliphatic heterocycles. The van der Waals surface area contributed by atoms with Gasteiger partial charge in [-0.25, -0.2) is 9.97 Å². The number of carbonyl (C=O) groups excluding carboxylic acids is 1. The molecular formula is C22H30N4O3. The Balaban J connectivity index is 1.46. The second-order valence-corrected chi connectivity index (χ2v) is 7.86. The zero-order valence-electron chi connectivity index (χ0n) is 17.6. The number of hydrogen-bond acceptors (Lipinski definition) is 7. The average Bonchev–Trinajstić information content (AvgIpc) is 3.24. The van der Waals surface area contributed by atoms with Crippen LogP contribution in [0.1, 0.15) is 38.3 Å². The number of hydrogen-bond donors (Lipinski definition) is 0. The number of fused-ring (bicyclic) bond motifs is 1. The van der Waals surface area contributed by atoms with Crippen molar-refractivity contribution in [2.75, 3.05) is 38.3 Å². The number of nitrogens with zero attached hydrogens (tertiary/aromatic N) is 4. The summed E-state index contributed by atoms with van der Waals surface area (Å²) in [4.78, 5) is 26.3. The minimum atomic E-state index is -0.0927. The molecule has 0 aliphatic carbocycles. The van der Waals surface area contributed by atoms with Gasteiger partial charge in [0.15, 0.2) is 0 Å². The molecular weight excluding hydrogens is 368 g/mol. The number of benzene rings is 1. The number of likely N-dealkylation sites (tertiary alicyclic amines) is 1. The van der Waals surface area contributed by atoms with Gasteiger partial charge in [0.1, 0.15) is 11.8 Å². The van der Waals surface area contributed by atoms with Crippen molar-refractivity contribution in [1.29, 1.82) is 0 Å². The van der Waals surface area contributed by atoms with E-state index in [1.54, 1.807) is 0 Å². The van der Waals surface area contributed by atoms with Crippen LogP contribution in [0.4, 0.5) is 5.95 Å². The van der Waals surface area contributed by atoms with Crippen LogP contribution in [0.3, 0.4) is 0 Å². The van der Waals surface area contributed by atoms with Crippen molar-refractivity contribution in [3.05, 3.63) is 23.9 Å². The molecule has 0 radical (unpaired) electrons. The van der Waals surface area contributed by atoms with Gasteiger partial charge in [0.25, 0.3) is 0 Å². The van der Waals surface area contributed by atoms with Crippen LogP contribution in [0.5, 0.6) is 5.75 Å². The number of aromatic nitrogens is 2. The van der Waals surface area contributed by atoms with Crippen molar-refractivity contribution in [3.63, 3.8) is 0 Å². The summed E-state index contributed by atoms with van der Waals surface area (Å²) in [5.41, 5.74) is 1.92. The van der Waals surface area contributed by atoms with Crippen LogP contribution < -0.4 is 9.64 Å². The lowest BCUT2D eigenvalue weighted by atomic mass is 10.0. The fraction of sp³-hybridized carbons (Fsp3) is 0.591. The standard InChI is InChI=1S/C22H30N4O3/c1-4-29-17-7-8-19-18(14-17)15(2)23-22(24-19)25-12-9-16(10-13-25)26-11-5-6-20(26)21(27)28-3/h7-8,14,16,20H,4-6,9-13H2,1-3H3/t20-/m0/s1. The summed E-state index contributed by atoms with van der Waals surface area (Å²) in [6.07, 6.45) is 3.99. The lowest BCUT2D eigenvalue weighted by Crippen LogP contribution is -2.49. The number of ether oxygens (including phenoxy) is 2. The van der Waals surface area contributed by atoms with Crippen molar-refractivity contribution in [2.24, 2.45) is 0 Å². The van der Waals surface area contributed by atoms with E-state index in [-0.39, 0.29) is 12.0 Å². The zero-order chi connectivity index (χ0) is 20.4. The van der Waals surface area contributed by atoms with E-state index in [1.165, 1.54) is 7.11 Å². The van der Waals surface area contributed by atoms with E-state index in [1.807, 2.05) is 32.0 Å². The summed E-state index contributed by atoms with van der Waals surface area (Å²) in [6, 6.07) is 6.35. The van der Waals surface area contributed by atoms with E-state index in [4.69, 9.17) is 19.4 Å². The molecule has 7 nitrogen and oxygen atoms in total. The molecule has 1 aromatic carbocycles. The van der Waals surface area contributed by atoms with Crippen molar-refractivity contribution in [2.45, 2.75) is 51.6 Å². The van der Waals surface area contributed by atoms with Gasteiger partial charge in [0, 0.05) is 24.5 Å². The Bertz CT molecular complexity index is 880. The molecule has 0 bridgehead atoms. The molecule has 2 saturated heterocycles. The molecule has 0 amide bonds. The molecule has 2 aliphatic rings. The third-order valence-electron chi connectivity index (χ3n) is 6.14. The van der Waals surface area contributed by atoms with E-state index in [2.05, 4.69) is 9.80 Å². The average molecular weight is 399 g/mol. The van der Waals surface area contributed by atoms with Gasteiger partial charge < -0.3 is 14.4 Å². The Hall–Kier alpha value is -2.41. The molecule has 3 heterocycles. The number of esters is 1. The quantitative estimate of drug-likeness (QED) is 0.717. The molecule has 0 N–H and O–H groups in total. The monoisotopic (exact) mass is 398 g/mol. The highest BCUT2D eigenvalue weighted by molar-refractivity contribution is 5.83. The number of methoxy groups -OCH3 is 1. The van der Waals surface area contributed by atoms with E-state index in [0.29, 0.717) is 12.6 Å². The molecule has 0 spiro atoms. The second kappa shape index (κ2) is 8.53. The van der Waals surface area contributed by atoms with Gasteiger partial charge in [0.05, 0.1) is 24.9 Å². The van der Waals surface area contributed by atoms with Gasteiger partial charge in [-0.15, -0.1) is 0 Å². The first-order valence-electron chi connectivity index (χ1n) is 10.6. The molecule has 2 aromatic rings. The fourth-order valence-corrected chi connectivity index (χ4v) is 4.66. The van der Waals surface area contributed by atoms with E-state index in [0.717, 1.165) is 73.6 Å². The first kappa shape index (κ1) is 19.9. The van der Waals surface area contributed by atoms with Crippen LogP contribution in [0.2, 0.25) is 0 Å². The third-order valence-corrected chi connectivity index (χ3v) is 6.14. The molecule has 2 fully saturated rings. The van der Waals surface area contributed by atoms with Gasteiger partial charge in [-0.2, -0.15) is 0 Å². The molecule has 29 heavy (non-hydrogen) atoms. The molecule has 0 unspecified atom stereocenters. The van der Waals surface area contributed by atoms with Gasteiger partial charge in [-0.3, -0.25) is 9.69 Å².